The van der Waals surface area contributed by atoms with Gasteiger partial charge in [0.2, 0.25) is 0 Å². The van der Waals surface area contributed by atoms with Crippen molar-refractivity contribution < 1.29 is 13.9 Å². The number of nitrogens with zero attached hydrogens (tertiary/aromatic N) is 3. The number of aryl methyl sites for hydroxylation is 2. The van der Waals surface area contributed by atoms with E-state index in [2.05, 4.69) is 4.98 Å². The summed E-state index contributed by atoms with van der Waals surface area (Å²) < 4.78 is 22.5. The summed E-state index contributed by atoms with van der Waals surface area (Å²) in [5.74, 6) is 1.08. The SMILES string of the molecule is Cc1nc2c3c(c(C(=O)N(C)C)cc2n1C)CC[C@@H](c1ccccc1F)O3. The van der Waals surface area contributed by atoms with E-state index in [1.165, 1.54) is 6.07 Å². The summed E-state index contributed by atoms with van der Waals surface area (Å²) in [5, 5.41) is 0. The van der Waals surface area contributed by atoms with Gasteiger partial charge in [-0.2, -0.15) is 0 Å². The van der Waals surface area contributed by atoms with Crippen LogP contribution in [0.25, 0.3) is 11.0 Å². The van der Waals surface area contributed by atoms with Crippen LogP contribution in [0.2, 0.25) is 0 Å². The van der Waals surface area contributed by atoms with Crippen LogP contribution in [0.3, 0.4) is 0 Å². The molecule has 0 radical (unpaired) electrons. The summed E-state index contributed by atoms with van der Waals surface area (Å²) >= 11 is 0. The smallest absolute Gasteiger partial charge is 0.253 e. The predicted molar refractivity (Wildman–Crippen MR) is 102 cm³/mol. The Kier molecular flexibility index (Phi) is 4.13. The molecule has 0 N–H and O–H groups in total. The van der Waals surface area contributed by atoms with Crippen LogP contribution in [0.4, 0.5) is 4.39 Å². The number of imidazole rings is 1. The molecule has 2 aromatic carbocycles. The molecule has 6 heteroatoms. The summed E-state index contributed by atoms with van der Waals surface area (Å²) in [4.78, 5) is 19.0. The van der Waals surface area contributed by atoms with E-state index in [1.807, 2.05) is 30.7 Å². The Morgan fingerprint density at radius 1 is 1.33 bits per heavy atom. The number of carbonyl (C=O) groups is 1. The van der Waals surface area contributed by atoms with Crippen LogP contribution in [0.5, 0.6) is 5.75 Å². The molecule has 0 saturated carbocycles. The standard InChI is InChI=1S/C21H22FN3O2/c1-12-23-19-17(25(12)4)11-15(21(26)24(2)3)13-9-10-18(27-20(13)19)14-7-5-6-8-16(14)22/h5-8,11,18H,9-10H2,1-4H3/t18-/m0/s1. The fourth-order valence-electron chi connectivity index (χ4n) is 3.69. The Balaban J connectivity index is 1.91. The van der Waals surface area contributed by atoms with Crippen molar-refractivity contribution in [3.05, 3.63) is 58.7 Å². The summed E-state index contributed by atoms with van der Waals surface area (Å²) in [7, 11) is 5.39. The number of rotatable bonds is 2. The fraction of sp³-hybridized carbons (Fsp3) is 0.333. The topological polar surface area (TPSA) is 47.4 Å². The molecule has 1 aromatic heterocycles. The van der Waals surface area contributed by atoms with Gasteiger partial charge in [0.1, 0.15) is 23.3 Å². The van der Waals surface area contributed by atoms with Crippen molar-refractivity contribution in [1.82, 2.24) is 14.5 Å². The number of hydrogen-bond donors (Lipinski definition) is 0. The van der Waals surface area contributed by atoms with Gasteiger partial charge >= 0.3 is 0 Å². The van der Waals surface area contributed by atoms with Crippen LogP contribution in [-0.2, 0) is 13.5 Å². The second kappa shape index (κ2) is 6.37. The normalized spacial score (nSPS) is 16.1. The lowest BCUT2D eigenvalue weighted by atomic mass is 9.92. The first kappa shape index (κ1) is 17.5. The van der Waals surface area contributed by atoms with Gasteiger partial charge in [-0.15, -0.1) is 0 Å². The third kappa shape index (κ3) is 2.76. The molecule has 1 aliphatic heterocycles. The molecule has 0 bridgehead atoms. The average molecular weight is 367 g/mol. The maximum Gasteiger partial charge on any atom is 0.253 e. The summed E-state index contributed by atoms with van der Waals surface area (Å²) in [6.07, 6.45) is 0.849. The number of benzene rings is 2. The molecule has 4 rings (SSSR count). The van der Waals surface area contributed by atoms with Crippen molar-refractivity contribution in [2.75, 3.05) is 14.1 Å². The van der Waals surface area contributed by atoms with E-state index in [9.17, 15) is 9.18 Å². The van der Waals surface area contributed by atoms with E-state index in [-0.39, 0.29) is 11.7 Å². The van der Waals surface area contributed by atoms with Crippen molar-refractivity contribution in [1.29, 1.82) is 0 Å². The van der Waals surface area contributed by atoms with Gasteiger partial charge in [0.05, 0.1) is 5.52 Å². The highest BCUT2D eigenvalue weighted by Gasteiger charge is 2.31. The molecule has 1 amide bonds. The molecule has 0 saturated heterocycles. The van der Waals surface area contributed by atoms with Gasteiger partial charge in [0.15, 0.2) is 5.75 Å². The fourth-order valence-corrected chi connectivity index (χ4v) is 3.69. The molecule has 0 fully saturated rings. The lowest BCUT2D eigenvalue weighted by Gasteiger charge is -2.29. The highest BCUT2D eigenvalue weighted by atomic mass is 19.1. The molecule has 140 valence electrons. The zero-order chi connectivity index (χ0) is 19.3. The number of halogens is 1. The molecule has 3 aromatic rings. The minimum atomic E-state index is -0.395. The van der Waals surface area contributed by atoms with Gasteiger partial charge in [-0.05, 0) is 31.9 Å². The molecule has 0 unspecified atom stereocenters. The van der Waals surface area contributed by atoms with E-state index >= 15 is 0 Å². The van der Waals surface area contributed by atoms with Gasteiger partial charge in [-0.1, -0.05) is 18.2 Å². The van der Waals surface area contributed by atoms with Crippen molar-refractivity contribution >= 4 is 16.9 Å². The molecule has 2 heterocycles. The van der Waals surface area contributed by atoms with Crippen molar-refractivity contribution in [2.45, 2.75) is 25.9 Å². The zero-order valence-electron chi connectivity index (χ0n) is 15.9. The third-order valence-corrected chi connectivity index (χ3v) is 5.26. The van der Waals surface area contributed by atoms with Gasteiger partial charge in [0, 0.05) is 37.8 Å². The first-order valence-corrected chi connectivity index (χ1v) is 9.00. The van der Waals surface area contributed by atoms with E-state index in [1.54, 1.807) is 31.1 Å². The van der Waals surface area contributed by atoms with Gasteiger partial charge < -0.3 is 14.2 Å². The molecule has 27 heavy (non-hydrogen) atoms. The van der Waals surface area contributed by atoms with E-state index < -0.39 is 6.10 Å². The van der Waals surface area contributed by atoms with Crippen LogP contribution in [0, 0.1) is 12.7 Å². The molecule has 0 spiro atoms. The molecule has 1 aliphatic rings. The van der Waals surface area contributed by atoms with Crippen LogP contribution >= 0.6 is 0 Å². The Bertz CT molecular complexity index is 1060. The van der Waals surface area contributed by atoms with Crippen LogP contribution in [0.1, 0.15) is 39.8 Å². The van der Waals surface area contributed by atoms with Crippen molar-refractivity contribution in [3.63, 3.8) is 0 Å². The number of ether oxygens (including phenoxy) is 1. The number of aromatic nitrogens is 2. The highest BCUT2D eigenvalue weighted by molar-refractivity contribution is 6.01. The number of hydrogen-bond acceptors (Lipinski definition) is 3. The number of amides is 1. The monoisotopic (exact) mass is 367 g/mol. The molecule has 5 nitrogen and oxygen atoms in total. The lowest BCUT2D eigenvalue weighted by molar-refractivity contribution is 0.0823. The second-order valence-electron chi connectivity index (χ2n) is 7.18. The van der Waals surface area contributed by atoms with E-state index in [4.69, 9.17) is 4.74 Å². The zero-order valence-corrected chi connectivity index (χ0v) is 15.9. The van der Waals surface area contributed by atoms with Gasteiger partial charge in [-0.3, -0.25) is 4.79 Å². The maximum atomic E-state index is 14.3. The predicted octanol–water partition coefficient (Wildman–Crippen LogP) is 3.79. The maximum absolute atomic E-state index is 14.3. The van der Waals surface area contributed by atoms with Crippen LogP contribution in [0.15, 0.2) is 30.3 Å². The van der Waals surface area contributed by atoms with Crippen LogP contribution < -0.4 is 4.74 Å². The average Bonchev–Trinajstić information content (AvgIpc) is 2.95. The van der Waals surface area contributed by atoms with Crippen LogP contribution in [-0.4, -0.2) is 34.5 Å². The van der Waals surface area contributed by atoms with Crippen molar-refractivity contribution in [2.24, 2.45) is 7.05 Å². The minimum absolute atomic E-state index is 0.0695. The Morgan fingerprint density at radius 2 is 2.07 bits per heavy atom. The van der Waals surface area contributed by atoms with Gasteiger partial charge in [-0.25, -0.2) is 9.37 Å². The lowest BCUT2D eigenvalue weighted by Crippen LogP contribution is -2.25. The second-order valence-corrected chi connectivity index (χ2v) is 7.18. The quantitative estimate of drug-likeness (QED) is 0.692. The molecular weight excluding hydrogens is 345 g/mol. The Labute approximate surface area is 157 Å². The molecule has 0 aliphatic carbocycles. The molecule has 1 atom stereocenters. The Morgan fingerprint density at radius 3 is 2.78 bits per heavy atom. The Hall–Kier alpha value is -2.89. The summed E-state index contributed by atoms with van der Waals surface area (Å²) in [6, 6.07) is 8.57. The van der Waals surface area contributed by atoms with E-state index in [0.29, 0.717) is 29.7 Å². The molecular formula is C21H22FN3O2. The highest BCUT2D eigenvalue weighted by Crippen LogP contribution is 2.42. The first-order chi connectivity index (χ1) is 12.9. The number of carbonyl (C=O) groups excluding carboxylic acids is 1. The largest absolute Gasteiger partial charge is 0.483 e. The number of fused-ring (bicyclic) bond motifs is 3. The van der Waals surface area contributed by atoms with Crippen molar-refractivity contribution in [3.8, 4) is 5.75 Å². The third-order valence-electron chi connectivity index (χ3n) is 5.26. The van der Waals surface area contributed by atoms with E-state index in [0.717, 1.165) is 22.4 Å². The van der Waals surface area contributed by atoms with Gasteiger partial charge in [0.25, 0.3) is 5.91 Å². The summed E-state index contributed by atoms with van der Waals surface area (Å²) in [5.41, 5.74) is 3.57. The summed E-state index contributed by atoms with van der Waals surface area (Å²) in [6.45, 7) is 1.91. The minimum Gasteiger partial charge on any atom is -0.483 e. The first-order valence-electron chi connectivity index (χ1n) is 9.00.